The second-order valence-corrected chi connectivity index (χ2v) is 9.75. The van der Waals surface area contributed by atoms with Crippen molar-refractivity contribution in [2.24, 2.45) is 0 Å². The maximum Gasteiger partial charge on any atom is 0.297 e. The molecule has 1 aromatic rings. The largest absolute Gasteiger partial charge is 0.297 e. The van der Waals surface area contributed by atoms with Crippen LogP contribution in [0.15, 0.2) is 23.1 Å². The van der Waals surface area contributed by atoms with Gasteiger partial charge in [-0.1, -0.05) is 73.4 Å². The zero-order valence-electron chi connectivity index (χ0n) is 15.7. The summed E-state index contributed by atoms with van der Waals surface area (Å²) in [7, 11) is -3.74. The molecule has 0 aromatic heterocycles. The molecule has 132 valence electrons. The summed E-state index contributed by atoms with van der Waals surface area (Å²) in [6, 6.07) is 5.51. The van der Waals surface area contributed by atoms with Gasteiger partial charge >= 0.3 is 0 Å². The molecule has 23 heavy (non-hydrogen) atoms. The third kappa shape index (κ3) is 5.32. The number of rotatable bonds is 6. The molecule has 0 spiro atoms. The highest BCUT2D eigenvalue weighted by Crippen LogP contribution is 2.38. The lowest BCUT2D eigenvalue weighted by molar-refractivity contribution is 0.306. The number of unbranched alkanes of at least 4 members (excludes halogenated alkanes) is 2. The highest BCUT2D eigenvalue weighted by molar-refractivity contribution is 7.86. The Bertz CT molecular complexity index is 617. The molecule has 0 bridgehead atoms. The minimum absolute atomic E-state index is 0.129. The molecule has 0 radical (unpaired) electrons. The Labute approximate surface area is 142 Å². The van der Waals surface area contributed by atoms with Gasteiger partial charge in [-0.15, -0.1) is 0 Å². The van der Waals surface area contributed by atoms with Gasteiger partial charge in [0.2, 0.25) is 0 Å². The molecule has 0 unspecified atom stereocenters. The molecule has 4 heteroatoms. The van der Waals surface area contributed by atoms with E-state index in [0.717, 1.165) is 30.4 Å². The molecule has 0 atom stereocenters. The van der Waals surface area contributed by atoms with Crippen LogP contribution < -0.4 is 0 Å². The Hall–Kier alpha value is -0.870. The van der Waals surface area contributed by atoms with Crippen LogP contribution >= 0.6 is 0 Å². The van der Waals surface area contributed by atoms with Crippen molar-refractivity contribution in [3.8, 4) is 0 Å². The first-order chi connectivity index (χ1) is 10.4. The van der Waals surface area contributed by atoms with Gasteiger partial charge in [0.1, 0.15) is 0 Å². The summed E-state index contributed by atoms with van der Waals surface area (Å²) in [4.78, 5) is 0.314. The lowest BCUT2D eigenvalue weighted by atomic mass is 9.75. The first-order valence-corrected chi connectivity index (χ1v) is 9.85. The van der Waals surface area contributed by atoms with E-state index in [1.165, 1.54) is 0 Å². The average molecular weight is 341 g/mol. The fraction of sp³-hybridized carbons (Fsp3) is 0.684. The van der Waals surface area contributed by atoms with Crippen LogP contribution in [0.4, 0.5) is 0 Å². The van der Waals surface area contributed by atoms with Crippen molar-refractivity contribution in [3.05, 3.63) is 29.3 Å². The van der Waals surface area contributed by atoms with E-state index < -0.39 is 10.1 Å². The van der Waals surface area contributed by atoms with Crippen LogP contribution in [0.3, 0.4) is 0 Å². The van der Waals surface area contributed by atoms with E-state index in [1.54, 1.807) is 6.07 Å². The molecule has 3 nitrogen and oxygen atoms in total. The zero-order valence-corrected chi connectivity index (χ0v) is 16.5. The Balaban J connectivity index is 3.36. The quantitative estimate of drug-likeness (QED) is 0.529. The summed E-state index contributed by atoms with van der Waals surface area (Å²) in [5.41, 5.74) is 1.52. The van der Waals surface area contributed by atoms with Gasteiger partial charge < -0.3 is 0 Å². The second kappa shape index (κ2) is 7.35. The van der Waals surface area contributed by atoms with E-state index in [1.807, 2.05) is 32.9 Å². The van der Waals surface area contributed by atoms with E-state index in [4.69, 9.17) is 4.18 Å². The molecule has 0 fully saturated rings. The van der Waals surface area contributed by atoms with Gasteiger partial charge in [-0.2, -0.15) is 8.42 Å². The van der Waals surface area contributed by atoms with Crippen molar-refractivity contribution in [1.29, 1.82) is 0 Å². The summed E-state index contributed by atoms with van der Waals surface area (Å²) in [6.07, 6.45) is 2.78. The van der Waals surface area contributed by atoms with Crippen LogP contribution in [0.25, 0.3) is 0 Å². The third-order valence-corrected chi connectivity index (χ3v) is 5.20. The van der Waals surface area contributed by atoms with Gasteiger partial charge in [0, 0.05) is 0 Å². The number of hydrogen-bond donors (Lipinski definition) is 0. The van der Waals surface area contributed by atoms with Gasteiger partial charge in [-0.3, -0.25) is 4.18 Å². The van der Waals surface area contributed by atoms with Crippen molar-refractivity contribution in [2.75, 3.05) is 6.61 Å². The summed E-state index contributed by atoms with van der Waals surface area (Å²) in [5.74, 6) is 0. The van der Waals surface area contributed by atoms with Gasteiger partial charge in [0.15, 0.2) is 0 Å². The first-order valence-electron chi connectivity index (χ1n) is 8.44. The average Bonchev–Trinajstić information content (AvgIpc) is 2.41. The highest BCUT2D eigenvalue weighted by atomic mass is 32.2. The second-order valence-electron chi connectivity index (χ2n) is 8.16. The third-order valence-electron chi connectivity index (χ3n) is 3.84. The van der Waals surface area contributed by atoms with E-state index >= 15 is 0 Å². The molecule has 0 saturated carbocycles. The van der Waals surface area contributed by atoms with Crippen molar-refractivity contribution < 1.29 is 12.6 Å². The molecule has 1 rings (SSSR count). The SMILES string of the molecule is CCCCCOS(=O)(=O)c1cccc(C(C)(C)C)c1C(C)(C)C. The molecule has 0 aliphatic rings. The van der Waals surface area contributed by atoms with Crippen LogP contribution in [0.1, 0.15) is 78.9 Å². The Kier molecular flexibility index (Phi) is 6.45. The van der Waals surface area contributed by atoms with E-state index in [-0.39, 0.29) is 17.4 Å². The van der Waals surface area contributed by atoms with Gasteiger partial charge in [-0.05, 0) is 34.4 Å². The first kappa shape index (κ1) is 20.2. The fourth-order valence-electron chi connectivity index (χ4n) is 2.72. The molecule has 0 amide bonds. The predicted molar refractivity (Wildman–Crippen MR) is 96.5 cm³/mol. The van der Waals surface area contributed by atoms with E-state index in [2.05, 4.69) is 27.7 Å². The lowest BCUT2D eigenvalue weighted by Crippen LogP contribution is -2.25. The predicted octanol–water partition coefficient (Wildman–Crippen LogP) is 5.18. The zero-order chi connectivity index (χ0) is 17.9. The topological polar surface area (TPSA) is 43.4 Å². The van der Waals surface area contributed by atoms with Crippen molar-refractivity contribution >= 4 is 10.1 Å². The monoisotopic (exact) mass is 340 g/mol. The normalized spacial score (nSPS) is 13.3. The minimum atomic E-state index is -3.74. The molecule has 0 aliphatic carbocycles. The van der Waals surface area contributed by atoms with Gasteiger partial charge in [0.05, 0.1) is 11.5 Å². The molecular weight excluding hydrogens is 308 g/mol. The highest BCUT2D eigenvalue weighted by Gasteiger charge is 2.32. The summed E-state index contributed by atoms with van der Waals surface area (Å²) < 4.78 is 30.7. The van der Waals surface area contributed by atoms with Crippen LogP contribution in [0.5, 0.6) is 0 Å². The summed E-state index contributed by atoms with van der Waals surface area (Å²) >= 11 is 0. The minimum Gasteiger partial charge on any atom is -0.266 e. The fourth-order valence-corrected chi connectivity index (χ4v) is 4.10. The molecule has 0 saturated heterocycles. The van der Waals surface area contributed by atoms with Crippen LogP contribution in [0.2, 0.25) is 0 Å². The molecule has 1 aromatic carbocycles. The van der Waals surface area contributed by atoms with Crippen molar-refractivity contribution in [3.63, 3.8) is 0 Å². The molecule has 0 N–H and O–H groups in total. The number of benzene rings is 1. The maximum atomic E-state index is 12.7. The Morgan fingerprint density at radius 2 is 1.57 bits per heavy atom. The van der Waals surface area contributed by atoms with E-state index in [0.29, 0.717) is 4.90 Å². The van der Waals surface area contributed by atoms with Gasteiger partial charge in [-0.25, -0.2) is 0 Å². The van der Waals surface area contributed by atoms with Gasteiger partial charge in [0.25, 0.3) is 10.1 Å². The Morgan fingerprint density at radius 1 is 0.957 bits per heavy atom. The lowest BCUT2D eigenvalue weighted by Gasteiger charge is -2.31. The van der Waals surface area contributed by atoms with Crippen LogP contribution in [-0.4, -0.2) is 15.0 Å². The van der Waals surface area contributed by atoms with Crippen LogP contribution in [0, 0.1) is 0 Å². The number of hydrogen-bond acceptors (Lipinski definition) is 3. The summed E-state index contributed by atoms with van der Waals surface area (Å²) in [6.45, 7) is 14.8. The van der Waals surface area contributed by atoms with Crippen LogP contribution in [-0.2, 0) is 25.1 Å². The van der Waals surface area contributed by atoms with Crippen molar-refractivity contribution in [1.82, 2.24) is 0 Å². The maximum absolute atomic E-state index is 12.7. The van der Waals surface area contributed by atoms with Crippen molar-refractivity contribution in [2.45, 2.75) is 83.5 Å². The molecule has 0 heterocycles. The molecule has 0 aliphatic heterocycles. The smallest absolute Gasteiger partial charge is 0.266 e. The summed E-state index contributed by atoms with van der Waals surface area (Å²) in [5, 5.41) is 0. The Morgan fingerprint density at radius 3 is 2.04 bits per heavy atom. The van der Waals surface area contributed by atoms with E-state index in [9.17, 15) is 8.42 Å². The molecular formula is C19H32O3S. The standard InChI is InChI=1S/C19H32O3S/c1-8-9-10-14-22-23(20,21)16-13-11-12-15(18(2,3)4)17(16)19(5,6)7/h11-13H,8-10,14H2,1-7H3.